The summed E-state index contributed by atoms with van der Waals surface area (Å²) >= 11 is 0. The van der Waals surface area contributed by atoms with E-state index in [1.165, 1.54) is 0 Å². The van der Waals surface area contributed by atoms with Crippen molar-refractivity contribution in [2.75, 3.05) is 0 Å². The molecule has 1 rings (SSSR count). The molecule has 1 heterocycles. The Labute approximate surface area is 57.1 Å². The van der Waals surface area contributed by atoms with Gasteiger partial charge in [-0.05, 0) is 6.07 Å². The quantitative estimate of drug-likeness (QED) is 0.667. The van der Waals surface area contributed by atoms with E-state index in [1.54, 1.807) is 0 Å². The first kappa shape index (κ1) is 8.94. The van der Waals surface area contributed by atoms with Crippen molar-refractivity contribution < 1.29 is 18.3 Å². The molecular formula is C6H8F2O2. The zero-order valence-electron chi connectivity index (χ0n) is 4.34. The lowest BCUT2D eigenvalue weighted by atomic mass is 10.5. The Kier molecular flexibility index (Phi) is 2.86. The van der Waals surface area contributed by atoms with Crippen molar-refractivity contribution in [3.05, 3.63) is 17.9 Å². The second kappa shape index (κ2) is 3.20. The van der Waals surface area contributed by atoms with Gasteiger partial charge in [-0.25, -0.2) is 8.78 Å². The van der Waals surface area contributed by atoms with Crippen LogP contribution in [0.3, 0.4) is 0 Å². The Bertz CT molecular complexity index is 195. The summed E-state index contributed by atoms with van der Waals surface area (Å²) in [6.45, 7) is 0. The van der Waals surface area contributed by atoms with E-state index < -0.39 is 18.1 Å². The molecule has 0 saturated heterocycles. The average molecular weight is 150 g/mol. The smallest absolute Gasteiger partial charge is 0.295 e. The first-order valence-electron chi connectivity index (χ1n) is 2.27. The number of hydrogen-bond acceptors (Lipinski definition) is 2. The summed E-state index contributed by atoms with van der Waals surface area (Å²) in [5.74, 6) is -0.988. The predicted molar refractivity (Wildman–Crippen MR) is 32.1 cm³/mol. The van der Waals surface area contributed by atoms with Crippen molar-refractivity contribution in [2.24, 2.45) is 0 Å². The van der Waals surface area contributed by atoms with Crippen LogP contribution in [-0.4, -0.2) is 5.11 Å². The largest absolute Gasteiger partial charge is 0.481 e. The van der Waals surface area contributed by atoms with Gasteiger partial charge in [0, 0.05) is 6.07 Å². The van der Waals surface area contributed by atoms with Crippen LogP contribution < -0.4 is 0 Å². The molecule has 0 saturated carbocycles. The third-order valence-corrected chi connectivity index (χ3v) is 0.828. The van der Waals surface area contributed by atoms with Crippen molar-refractivity contribution in [3.8, 4) is 5.95 Å². The summed E-state index contributed by atoms with van der Waals surface area (Å²) in [5.41, 5.74) is 0. The lowest BCUT2D eigenvalue weighted by Crippen LogP contribution is -1.74. The normalized spacial score (nSPS) is 9.50. The van der Waals surface area contributed by atoms with Crippen LogP contribution in [0.1, 0.15) is 19.6 Å². The molecule has 4 heteroatoms. The maximum atomic E-state index is 11.6. The molecule has 0 bridgehead atoms. The van der Waals surface area contributed by atoms with E-state index in [1.807, 2.05) is 0 Å². The van der Waals surface area contributed by atoms with Crippen molar-refractivity contribution in [1.29, 1.82) is 0 Å². The Morgan fingerprint density at radius 3 is 2.20 bits per heavy atom. The Morgan fingerprint density at radius 2 is 2.00 bits per heavy atom. The highest BCUT2D eigenvalue weighted by Gasteiger charge is 2.10. The minimum Gasteiger partial charge on any atom is -0.481 e. The van der Waals surface area contributed by atoms with Crippen LogP contribution in [0, 0.1) is 0 Å². The summed E-state index contributed by atoms with van der Waals surface area (Å²) < 4.78 is 27.3. The summed E-state index contributed by atoms with van der Waals surface area (Å²) in [6.07, 6.45) is -2.65. The molecule has 10 heavy (non-hydrogen) atoms. The maximum Gasteiger partial charge on any atom is 0.295 e. The predicted octanol–water partition coefficient (Wildman–Crippen LogP) is 2.56. The van der Waals surface area contributed by atoms with E-state index in [0.717, 1.165) is 12.1 Å². The topological polar surface area (TPSA) is 33.4 Å². The summed E-state index contributed by atoms with van der Waals surface area (Å²) in [4.78, 5) is 0. The fourth-order valence-corrected chi connectivity index (χ4v) is 0.459. The van der Waals surface area contributed by atoms with Gasteiger partial charge in [-0.2, -0.15) is 0 Å². The molecule has 0 aliphatic rings. The molecule has 0 atom stereocenters. The molecule has 1 N–H and O–H groups in total. The van der Waals surface area contributed by atoms with Crippen LogP contribution in [0.4, 0.5) is 8.78 Å². The number of alkyl halides is 2. The number of rotatable bonds is 1. The minimum absolute atomic E-state index is 0. The third kappa shape index (κ3) is 1.72. The van der Waals surface area contributed by atoms with Crippen LogP contribution in [0.2, 0.25) is 0 Å². The van der Waals surface area contributed by atoms with Gasteiger partial charge < -0.3 is 9.52 Å². The summed E-state index contributed by atoms with van der Waals surface area (Å²) in [5, 5.41) is 8.40. The molecule has 2 nitrogen and oxygen atoms in total. The Morgan fingerprint density at radius 1 is 1.40 bits per heavy atom. The van der Waals surface area contributed by atoms with Gasteiger partial charge in [0.05, 0.1) is 0 Å². The Hall–Kier alpha value is -1.06. The molecule has 58 valence electrons. The first-order valence-corrected chi connectivity index (χ1v) is 2.27. The van der Waals surface area contributed by atoms with Gasteiger partial charge in [-0.15, -0.1) is 0 Å². The summed E-state index contributed by atoms with van der Waals surface area (Å²) in [7, 11) is 0. The number of hydrogen-bond donors (Lipinski definition) is 1. The number of halogens is 2. The molecule has 0 fully saturated rings. The van der Waals surface area contributed by atoms with Gasteiger partial charge >= 0.3 is 0 Å². The van der Waals surface area contributed by atoms with Gasteiger partial charge in [0.1, 0.15) is 0 Å². The number of aromatic hydroxyl groups is 1. The zero-order chi connectivity index (χ0) is 6.85. The molecule has 0 aromatic carbocycles. The molecule has 1 aromatic rings. The van der Waals surface area contributed by atoms with Crippen LogP contribution in [-0.2, 0) is 0 Å². The maximum absolute atomic E-state index is 11.6. The second-order valence-corrected chi connectivity index (χ2v) is 1.48. The molecule has 0 amide bonds. The van der Waals surface area contributed by atoms with Crippen molar-refractivity contribution in [1.82, 2.24) is 0 Å². The fraction of sp³-hybridized carbons (Fsp3) is 0.333. The van der Waals surface area contributed by atoms with Crippen molar-refractivity contribution in [2.45, 2.75) is 13.9 Å². The lowest BCUT2D eigenvalue weighted by molar-refractivity contribution is 0.115. The van der Waals surface area contributed by atoms with Gasteiger partial charge in [-0.1, -0.05) is 7.43 Å². The van der Waals surface area contributed by atoms with E-state index >= 15 is 0 Å². The molecule has 0 aliphatic carbocycles. The molecule has 0 aliphatic heterocycles. The van der Waals surface area contributed by atoms with Crippen LogP contribution in [0.15, 0.2) is 16.5 Å². The van der Waals surface area contributed by atoms with Gasteiger partial charge in [0.25, 0.3) is 12.4 Å². The average Bonchev–Trinajstić information content (AvgIpc) is 2.14. The first-order chi connectivity index (χ1) is 4.20. The Balaban J connectivity index is 0.000000810. The monoisotopic (exact) mass is 150 g/mol. The highest BCUT2D eigenvalue weighted by Crippen LogP contribution is 2.23. The molecule has 0 spiro atoms. The van der Waals surface area contributed by atoms with E-state index in [2.05, 4.69) is 4.42 Å². The second-order valence-electron chi connectivity index (χ2n) is 1.48. The van der Waals surface area contributed by atoms with Gasteiger partial charge in [-0.3, -0.25) is 0 Å². The van der Waals surface area contributed by atoms with E-state index in [-0.39, 0.29) is 7.43 Å². The minimum atomic E-state index is -2.65. The van der Waals surface area contributed by atoms with Gasteiger partial charge in [0.15, 0.2) is 5.76 Å². The van der Waals surface area contributed by atoms with Crippen LogP contribution in [0.5, 0.6) is 5.95 Å². The highest BCUT2D eigenvalue weighted by molar-refractivity contribution is 5.10. The molecule has 0 radical (unpaired) electrons. The van der Waals surface area contributed by atoms with E-state index in [9.17, 15) is 8.78 Å². The van der Waals surface area contributed by atoms with Crippen LogP contribution >= 0.6 is 0 Å². The molecular weight excluding hydrogens is 142 g/mol. The SMILES string of the molecule is C.Oc1ccc(C(F)F)o1. The molecule has 1 aromatic heterocycles. The number of furan rings is 1. The van der Waals surface area contributed by atoms with Crippen molar-refractivity contribution in [3.63, 3.8) is 0 Å². The van der Waals surface area contributed by atoms with E-state index in [4.69, 9.17) is 5.11 Å². The third-order valence-electron chi connectivity index (χ3n) is 0.828. The van der Waals surface area contributed by atoms with Gasteiger partial charge in [0.2, 0.25) is 0 Å². The van der Waals surface area contributed by atoms with E-state index in [0.29, 0.717) is 0 Å². The zero-order valence-corrected chi connectivity index (χ0v) is 4.34. The fourth-order valence-electron chi connectivity index (χ4n) is 0.459. The lowest BCUT2D eigenvalue weighted by Gasteiger charge is -1.88. The summed E-state index contributed by atoms with van der Waals surface area (Å²) in [6, 6.07) is 2.10. The highest BCUT2D eigenvalue weighted by atomic mass is 19.3. The molecule has 0 unspecified atom stereocenters. The van der Waals surface area contributed by atoms with Crippen LogP contribution in [0.25, 0.3) is 0 Å². The van der Waals surface area contributed by atoms with Crippen molar-refractivity contribution >= 4 is 0 Å². The standard InChI is InChI=1S/C5H4F2O2.CH4/c6-5(7)3-1-2-4(8)9-3;/h1-2,5,8H;1H4.